The molecule has 0 saturated carbocycles. The minimum Gasteiger partial charge on any atom is -0.496 e. The lowest BCUT2D eigenvalue weighted by atomic mass is 10.1. The second-order valence-electron chi connectivity index (χ2n) is 7.05. The van der Waals surface area contributed by atoms with E-state index in [1.807, 2.05) is 24.3 Å². The zero-order valence-corrected chi connectivity index (χ0v) is 22.7. The average molecular weight is 636 g/mol. The summed E-state index contributed by atoms with van der Waals surface area (Å²) in [7, 11) is 3.25. The molecular weight excluding hydrogens is 610 g/mol. The number of halogens is 3. The molecule has 0 saturated heterocycles. The van der Waals surface area contributed by atoms with Gasteiger partial charge in [-0.25, -0.2) is 0 Å². The van der Waals surface area contributed by atoms with Crippen molar-refractivity contribution in [1.82, 2.24) is 4.90 Å². The molecular formula is C22H26Br3N3O4. The van der Waals surface area contributed by atoms with Crippen LogP contribution in [0.5, 0.6) is 11.5 Å². The van der Waals surface area contributed by atoms with Crippen LogP contribution in [0.2, 0.25) is 0 Å². The highest BCUT2D eigenvalue weighted by Crippen LogP contribution is 2.35. The van der Waals surface area contributed by atoms with Gasteiger partial charge in [0.05, 0.1) is 27.1 Å². The van der Waals surface area contributed by atoms with Crippen molar-refractivity contribution in [2.45, 2.75) is 19.3 Å². The molecule has 0 aliphatic rings. The van der Waals surface area contributed by atoms with E-state index in [1.165, 1.54) is 4.90 Å². The number of ether oxygens (including phenoxy) is 2. The first-order valence-corrected chi connectivity index (χ1v) is 12.3. The third-order valence-corrected chi connectivity index (χ3v) is 6.48. The van der Waals surface area contributed by atoms with E-state index in [9.17, 15) is 10.0 Å². The molecule has 0 aliphatic heterocycles. The molecule has 1 amide bonds. The van der Waals surface area contributed by atoms with E-state index >= 15 is 0 Å². The standard InChI is InChI=1S/C22H26Br3N3O4/c1-28(8-3-9-32-21-17(24)11-15(6-7-26)12-18(21)25)22(29)19(27-30)13-14-4-5-20(31-2)16(23)10-14/h4-5,10-12,30H,3,6-9,13,26H2,1-2H3. The van der Waals surface area contributed by atoms with Gasteiger partial charge in [-0.05, 0) is 103 Å². The van der Waals surface area contributed by atoms with Gasteiger partial charge in [-0.3, -0.25) is 4.79 Å². The second kappa shape index (κ2) is 13.2. The number of methoxy groups -OCH3 is 1. The largest absolute Gasteiger partial charge is 0.496 e. The van der Waals surface area contributed by atoms with Gasteiger partial charge in [0.1, 0.15) is 17.2 Å². The lowest BCUT2D eigenvalue weighted by Crippen LogP contribution is -2.35. The number of nitrogens with zero attached hydrogens (tertiary/aromatic N) is 2. The van der Waals surface area contributed by atoms with Crippen LogP contribution in [-0.4, -0.2) is 55.6 Å². The van der Waals surface area contributed by atoms with Crippen LogP contribution in [0.25, 0.3) is 0 Å². The summed E-state index contributed by atoms with van der Waals surface area (Å²) >= 11 is 10.5. The highest BCUT2D eigenvalue weighted by atomic mass is 79.9. The van der Waals surface area contributed by atoms with Crippen molar-refractivity contribution >= 4 is 59.4 Å². The van der Waals surface area contributed by atoms with E-state index in [1.54, 1.807) is 20.2 Å². The van der Waals surface area contributed by atoms with Crippen molar-refractivity contribution in [3.8, 4) is 11.5 Å². The Balaban J connectivity index is 1.88. The molecule has 10 heteroatoms. The highest BCUT2D eigenvalue weighted by Gasteiger charge is 2.18. The number of carbonyl (C=O) groups is 1. The fraction of sp³-hybridized carbons (Fsp3) is 0.364. The van der Waals surface area contributed by atoms with Gasteiger partial charge in [0.25, 0.3) is 5.91 Å². The summed E-state index contributed by atoms with van der Waals surface area (Å²) in [5.41, 5.74) is 7.62. The van der Waals surface area contributed by atoms with Gasteiger partial charge in [-0.2, -0.15) is 0 Å². The van der Waals surface area contributed by atoms with Gasteiger partial charge in [0.15, 0.2) is 0 Å². The van der Waals surface area contributed by atoms with Crippen LogP contribution in [0.4, 0.5) is 0 Å². The smallest absolute Gasteiger partial charge is 0.271 e. The molecule has 0 radical (unpaired) electrons. The Morgan fingerprint density at radius 1 is 1.12 bits per heavy atom. The summed E-state index contributed by atoms with van der Waals surface area (Å²) in [6.45, 7) is 1.45. The van der Waals surface area contributed by atoms with Gasteiger partial charge in [-0.1, -0.05) is 11.2 Å². The Morgan fingerprint density at radius 3 is 2.34 bits per heavy atom. The molecule has 32 heavy (non-hydrogen) atoms. The van der Waals surface area contributed by atoms with Crippen molar-refractivity contribution in [1.29, 1.82) is 0 Å². The normalized spacial score (nSPS) is 11.4. The van der Waals surface area contributed by atoms with Crippen LogP contribution < -0.4 is 15.2 Å². The Morgan fingerprint density at radius 2 is 1.78 bits per heavy atom. The van der Waals surface area contributed by atoms with Crippen molar-refractivity contribution in [3.05, 3.63) is 54.9 Å². The highest BCUT2D eigenvalue weighted by molar-refractivity contribution is 9.11. The van der Waals surface area contributed by atoms with Crippen molar-refractivity contribution < 1.29 is 19.5 Å². The number of hydrogen-bond donors (Lipinski definition) is 2. The third-order valence-electron chi connectivity index (χ3n) is 4.68. The minimum atomic E-state index is -0.340. The topological polar surface area (TPSA) is 97.4 Å². The molecule has 2 aromatic rings. The molecule has 0 bridgehead atoms. The summed E-state index contributed by atoms with van der Waals surface area (Å²) in [5, 5.41) is 12.6. The number of amides is 1. The molecule has 0 unspecified atom stereocenters. The number of rotatable bonds is 11. The van der Waals surface area contributed by atoms with Crippen LogP contribution >= 0.6 is 47.8 Å². The van der Waals surface area contributed by atoms with Gasteiger partial charge < -0.3 is 25.3 Å². The first-order valence-electron chi connectivity index (χ1n) is 9.90. The molecule has 2 aromatic carbocycles. The zero-order valence-electron chi connectivity index (χ0n) is 17.9. The summed E-state index contributed by atoms with van der Waals surface area (Å²) in [5.74, 6) is 1.06. The van der Waals surface area contributed by atoms with E-state index < -0.39 is 0 Å². The van der Waals surface area contributed by atoms with Crippen LogP contribution in [0.3, 0.4) is 0 Å². The predicted octanol–water partition coefficient (Wildman–Crippen LogP) is 4.78. The zero-order chi connectivity index (χ0) is 23.7. The summed E-state index contributed by atoms with van der Waals surface area (Å²) in [6.07, 6.45) is 1.60. The minimum absolute atomic E-state index is 0.0615. The van der Waals surface area contributed by atoms with Gasteiger partial charge in [0, 0.05) is 20.0 Å². The summed E-state index contributed by atoms with van der Waals surface area (Å²) in [6, 6.07) is 9.43. The van der Waals surface area contributed by atoms with Crippen LogP contribution in [0, 0.1) is 0 Å². The molecule has 7 nitrogen and oxygen atoms in total. The predicted molar refractivity (Wildman–Crippen MR) is 136 cm³/mol. The summed E-state index contributed by atoms with van der Waals surface area (Å²) in [4.78, 5) is 14.2. The quantitative estimate of drug-likeness (QED) is 0.160. The van der Waals surface area contributed by atoms with Crippen molar-refractivity contribution in [2.24, 2.45) is 10.9 Å². The molecule has 0 aliphatic carbocycles. The van der Waals surface area contributed by atoms with Gasteiger partial charge in [0.2, 0.25) is 0 Å². The van der Waals surface area contributed by atoms with Crippen LogP contribution in [-0.2, 0) is 17.6 Å². The maximum absolute atomic E-state index is 12.7. The molecule has 0 heterocycles. The van der Waals surface area contributed by atoms with Crippen molar-refractivity contribution in [3.63, 3.8) is 0 Å². The Hall–Kier alpha value is -1.62. The average Bonchev–Trinajstić information content (AvgIpc) is 2.76. The van der Waals surface area contributed by atoms with Crippen LogP contribution in [0.1, 0.15) is 17.5 Å². The van der Waals surface area contributed by atoms with Gasteiger partial charge in [-0.15, -0.1) is 0 Å². The van der Waals surface area contributed by atoms with Crippen LogP contribution in [0.15, 0.2) is 48.9 Å². The monoisotopic (exact) mass is 633 g/mol. The maximum atomic E-state index is 12.7. The number of oxime groups is 1. The lowest BCUT2D eigenvalue weighted by Gasteiger charge is -2.18. The van der Waals surface area contributed by atoms with Gasteiger partial charge >= 0.3 is 0 Å². The molecule has 0 spiro atoms. The molecule has 0 fully saturated rings. The fourth-order valence-electron chi connectivity index (χ4n) is 3.03. The first kappa shape index (κ1) is 26.6. The fourth-order valence-corrected chi connectivity index (χ4v) is 5.12. The summed E-state index contributed by atoms with van der Waals surface area (Å²) < 4.78 is 13.6. The van der Waals surface area contributed by atoms with E-state index in [0.717, 1.165) is 31.0 Å². The van der Waals surface area contributed by atoms with E-state index in [-0.39, 0.29) is 18.0 Å². The molecule has 0 atom stereocenters. The Bertz CT molecular complexity index is 946. The Labute approximate surface area is 213 Å². The molecule has 0 aromatic heterocycles. The number of carbonyl (C=O) groups excluding carboxylic acids is 1. The van der Waals surface area contributed by atoms with Crippen molar-refractivity contribution in [2.75, 3.05) is 33.9 Å². The number of hydrogen-bond acceptors (Lipinski definition) is 6. The lowest BCUT2D eigenvalue weighted by molar-refractivity contribution is -0.123. The first-order chi connectivity index (χ1) is 15.3. The Kier molecular flexibility index (Phi) is 11.0. The SMILES string of the molecule is COc1ccc(CC(=NO)C(=O)N(C)CCCOc2c(Br)cc(CCN)cc2Br)cc1Br. The number of nitrogens with two attached hydrogens (primary N) is 1. The maximum Gasteiger partial charge on any atom is 0.271 e. The third kappa shape index (κ3) is 7.47. The van der Waals surface area contributed by atoms with E-state index in [2.05, 4.69) is 52.9 Å². The molecule has 3 N–H and O–H groups in total. The van der Waals surface area contributed by atoms with E-state index in [4.69, 9.17) is 15.2 Å². The molecule has 174 valence electrons. The molecule has 2 rings (SSSR count). The van der Waals surface area contributed by atoms with E-state index in [0.29, 0.717) is 37.6 Å². The second-order valence-corrected chi connectivity index (χ2v) is 9.61. The number of benzene rings is 2.